The minimum Gasteiger partial charge on any atom is -0.478 e. The van der Waals surface area contributed by atoms with Gasteiger partial charge in [-0.1, -0.05) is 18.2 Å². The Morgan fingerprint density at radius 1 is 1.47 bits per heavy atom. The number of carboxylic acids is 1. The Hall–Kier alpha value is -2.10. The monoisotopic (exact) mass is 205 g/mol. The van der Waals surface area contributed by atoms with E-state index < -0.39 is 5.97 Å². The van der Waals surface area contributed by atoms with E-state index in [1.807, 2.05) is 0 Å². The summed E-state index contributed by atoms with van der Waals surface area (Å²) in [6.45, 7) is 0. The van der Waals surface area contributed by atoms with Gasteiger partial charge in [-0.3, -0.25) is 0 Å². The van der Waals surface area contributed by atoms with Gasteiger partial charge in [0.1, 0.15) is 6.29 Å². The number of carbonyl (C=O) groups excluding carboxylic acids is 1. The Bertz CT molecular complexity index is 410. The van der Waals surface area contributed by atoms with Gasteiger partial charge in [-0.05, 0) is 17.7 Å². The number of nitrogen functional groups attached to an aromatic ring is 1. The van der Waals surface area contributed by atoms with Gasteiger partial charge >= 0.3 is 5.97 Å². The molecule has 0 radical (unpaired) electrons. The lowest BCUT2D eigenvalue weighted by Crippen LogP contribution is -1.98. The maximum atomic E-state index is 10.6. The minimum atomic E-state index is -1.01. The molecule has 0 aliphatic carbocycles. The van der Waals surface area contributed by atoms with Crippen molar-refractivity contribution in [2.45, 2.75) is 6.42 Å². The molecule has 1 rings (SSSR count). The minimum absolute atomic E-state index is 0.153. The number of allylic oxidation sites excluding steroid dienone is 1. The standard InChI is InChI=1S/C11H11NO3/c12-10-7-9(11(14)15)5-4-8(10)3-1-2-6-13/h1,3-7H,2,12H2,(H,14,15). The summed E-state index contributed by atoms with van der Waals surface area (Å²) < 4.78 is 0. The van der Waals surface area contributed by atoms with Crippen LogP contribution in [-0.2, 0) is 4.79 Å². The third-order valence-electron chi connectivity index (χ3n) is 1.86. The van der Waals surface area contributed by atoms with Crippen LogP contribution < -0.4 is 5.73 Å². The second-order valence-corrected chi connectivity index (χ2v) is 2.95. The van der Waals surface area contributed by atoms with E-state index in [0.717, 1.165) is 6.29 Å². The molecule has 0 aliphatic rings. The van der Waals surface area contributed by atoms with E-state index in [0.29, 0.717) is 17.7 Å². The first-order valence-electron chi connectivity index (χ1n) is 4.38. The Balaban J connectivity index is 2.93. The van der Waals surface area contributed by atoms with E-state index >= 15 is 0 Å². The van der Waals surface area contributed by atoms with Crippen LogP contribution in [0.2, 0.25) is 0 Å². The summed E-state index contributed by atoms with van der Waals surface area (Å²) in [7, 11) is 0. The van der Waals surface area contributed by atoms with Crippen molar-refractivity contribution >= 4 is 24.0 Å². The van der Waals surface area contributed by atoms with E-state index in [4.69, 9.17) is 10.8 Å². The average Bonchev–Trinajstić information content (AvgIpc) is 2.20. The highest BCUT2D eigenvalue weighted by Crippen LogP contribution is 2.16. The zero-order chi connectivity index (χ0) is 11.3. The van der Waals surface area contributed by atoms with E-state index in [1.54, 1.807) is 18.2 Å². The number of aromatic carboxylic acids is 1. The Kier molecular flexibility index (Phi) is 3.62. The van der Waals surface area contributed by atoms with Crippen molar-refractivity contribution in [1.29, 1.82) is 0 Å². The normalized spacial score (nSPS) is 10.4. The van der Waals surface area contributed by atoms with E-state index in [-0.39, 0.29) is 5.56 Å². The van der Waals surface area contributed by atoms with Crippen molar-refractivity contribution in [2.75, 3.05) is 5.73 Å². The number of benzene rings is 1. The molecule has 0 aliphatic heterocycles. The highest BCUT2D eigenvalue weighted by molar-refractivity contribution is 5.89. The first kappa shape index (κ1) is 11.0. The maximum Gasteiger partial charge on any atom is 0.335 e. The summed E-state index contributed by atoms with van der Waals surface area (Å²) in [4.78, 5) is 20.7. The first-order valence-corrected chi connectivity index (χ1v) is 4.38. The molecule has 0 spiro atoms. The molecule has 3 N–H and O–H groups in total. The van der Waals surface area contributed by atoms with Gasteiger partial charge in [0.25, 0.3) is 0 Å². The molecular formula is C11H11NO3. The molecule has 0 atom stereocenters. The van der Waals surface area contributed by atoms with Crippen LogP contribution in [0.4, 0.5) is 5.69 Å². The summed E-state index contributed by atoms with van der Waals surface area (Å²) in [5.74, 6) is -1.01. The van der Waals surface area contributed by atoms with Crippen LogP contribution >= 0.6 is 0 Å². The summed E-state index contributed by atoms with van der Waals surface area (Å²) in [6.07, 6.45) is 4.45. The molecule has 0 heterocycles. The van der Waals surface area contributed by atoms with Crippen molar-refractivity contribution in [2.24, 2.45) is 0 Å². The molecule has 4 heteroatoms. The van der Waals surface area contributed by atoms with Gasteiger partial charge in [0, 0.05) is 12.1 Å². The highest BCUT2D eigenvalue weighted by Gasteiger charge is 2.03. The molecular weight excluding hydrogens is 194 g/mol. The molecule has 78 valence electrons. The van der Waals surface area contributed by atoms with Crippen LogP contribution in [0.25, 0.3) is 6.08 Å². The smallest absolute Gasteiger partial charge is 0.335 e. The topological polar surface area (TPSA) is 80.4 Å². The van der Waals surface area contributed by atoms with Gasteiger partial charge in [0.15, 0.2) is 0 Å². The second kappa shape index (κ2) is 4.95. The Labute approximate surface area is 87.0 Å². The van der Waals surface area contributed by atoms with E-state index in [9.17, 15) is 9.59 Å². The molecule has 0 fully saturated rings. The fourth-order valence-corrected chi connectivity index (χ4v) is 1.11. The molecule has 0 saturated carbocycles. The van der Waals surface area contributed by atoms with Gasteiger partial charge in [-0.25, -0.2) is 4.79 Å². The van der Waals surface area contributed by atoms with Crippen LogP contribution in [0.1, 0.15) is 22.3 Å². The number of nitrogens with two attached hydrogens (primary N) is 1. The van der Waals surface area contributed by atoms with E-state index in [2.05, 4.69) is 0 Å². The zero-order valence-electron chi connectivity index (χ0n) is 8.01. The molecule has 0 saturated heterocycles. The van der Waals surface area contributed by atoms with Gasteiger partial charge in [-0.2, -0.15) is 0 Å². The third kappa shape index (κ3) is 2.95. The number of hydrogen-bond donors (Lipinski definition) is 2. The SMILES string of the molecule is Nc1cc(C(=O)O)ccc1C=CCC=O. The van der Waals surface area contributed by atoms with Crippen molar-refractivity contribution in [1.82, 2.24) is 0 Å². The summed E-state index contributed by atoms with van der Waals surface area (Å²) in [5, 5.41) is 8.69. The predicted molar refractivity (Wildman–Crippen MR) is 57.5 cm³/mol. The fourth-order valence-electron chi connectivity index (χ4n) is 1.11. The molecule has 0 aromatic heterocycles. The number of aldehydes is 1. The lowest BCUT2D eigenvalue weighted by molar-refractivity contribution is -0.107. The van der Waals surface area contributed by atoms with Crippen LogP contribution in [0.5, 0.6) is 0 Å². The quantitative estimate of drug-likeness (QED) is 0.577. The van der Waals surface area contributed by atoms with Gasteiger partial charge in [0.05, 0.1) is 5.56 Å². The fraction of sp³-hybridized carbons (Fsp3) is 0.0909. The van der Waals surface area contributed by atoms with Crippen molar-refractivity contribution in [3.8, 4) is 0 Å². The number of carboxylic acid groups (broad SMARTS) is 1. The van der Waals surface area contributed by atoms with Gasteiger partial charge in [0.2, 0.25) is 0 Å². The summed E-state index contributed by atoms with van der Waals surface area (Å²) in [5.41, 5.74) is 6.89. The second-order valence-electron chi connectivity index (χ2n) is 2.95. The average molecular weight is 205 g/mol. The number of anilines is 1. The third-order valence-corrected chi connectivity index (χ3v) is 1.86. The Morgan fingerprint density at radius 3 is 2.73 bits per heavy atom. The molecule has 1 aromatic carbocycles. The van der Waals surface area contributed by atoms with Crippen molar-refractivity contribution in [3.05, 3.63) is 35.4 Å². The number of rotatable bonds is 4. The van der Waals surface area contributed by atoms with Crippen molar-refractivity contribution in [3.63, 3.8) is 0 Å². The highest BCUT2D eigenvalue weighted by atomic mass is 16.4. The first-order chi connectivity index (χ1) is 7.15. The maximum absolute atomic E-state index is 10.6. The predicted octanol–water partition coefficient (Wildman–Crippen LogP) is 1.57. The summed E-state index contributed by atoms with van der Waals surface area (Å²) in [6, 6.07) is 4.47. The van der Waals surface area contributed by atoms with Crippen LogP contribution in [0.15, 0.2) is 24.3 Å². The summed E-state index contributed by atoms with van der Waals surface area (Å²) >= 11 is 0. The number of hydrogen-bond acceptors (Lipinski definition) is 3. The zero-order valence-corrected chi connectivity index (χ0v) is 8.01. The molecule has 0 bridgehead atoms. The molecule has 0 unspecified atom stereocenters. The lowest BCUT2D eigenvalue weighted by atomic mass is 10.1. The molecule has 4 nitrogen and oxygen atoms in total. The van der Waals surface area contributed by atoms with Gasteiger partial charge < -0.3 is 15.6 Å². The van der Waals surface area contributed by atoms with E-state index in [1.165, 1.54) is 12.1 Å². The lowest BCUT2D eigenvalue weighted by Gasteiger charge is -2.01. The van der Waals surface area contributed by atoms with Crippen molar-refractivity contribution < 1.29 is 14.7 Å². The van der Waals surface area contributed by atoms with Crippen LogP contribution in [0.3, 0.4) is 0 Å². The number of carbonyl (C=O) groups is 2. The molecule has 15 heavy (non-hydrogen) atoms. The van der Waals surface area contributed by atoms with Crippen LogP contribution in [0, 0.1) is 0 Å². The molecule has 0 amide bonds. The Morgan fingerprint density at radius 2 is 2.20 bits per heavy atom. The largest absolute Gasteiger partial charge is 0.478 e. The van der Waals surface area contributed by atoms with Crippen LogP contribution in [-0.4, -0.2) is 17.4 Å². The van der Waals surface area contributed by atoms with Gasteiger partial charge in [-0.15, -0.1) is 0 Å². The molecule has 1 aromatic rings.